The van der Waals surface area contributed by atoms with Crippen molar-refractivity contribution in [3.63, 3.8) is 0 Å². The van der Waals surface area contributed by atoms with Gasteiger partial charge in [0.2, 0.25) is 5.91 Å². The highest BCUT2D eigenvalue weighted by atomic mass is 32.1. The second kappa shape index (κ2) is 37.2. The van der Waals surface area contributed by atoms with Crippen molar-refractivity contribution in [3.8, 4) is 0 Å². The van der Waals surface area contributed by atoms with Crippen LogP contribution < -0.4 is 5.32 Å². The maximum atomic E-state index is 11.4. The Morgan fingerprint density at radius 1 is 1.00 bits per heavy atom. The molecule has 2 N–H and O–H groups in total. The molecular weight excluding hydrogens is 448 g/mol. The number of carbonyl (C=O) groups excluding carboxylic acids is 1. The number of amides is 1. The van der Waals surface area contributed by atoms with Crippen LogP contribution in [-0.2, 0) is 14.4 Å². The van der Waals surface area contributed by atoms with E-state index in [0.29, 0.717) is 24.3 Å². The summed E-state index contributed by atoms with van der Waals surface area (Å²) in [6.45, 7) is 29.5. The monoisotopic (exact) mass is 514 g/mol. The molecule has 0 spiro atoms. The molecule has 0 rings (SSSR count). The predicted octanol–water partition coefficient (Wildman–Crippen LogP) is 7.21. The number of carbonyl (C=O) groups is 1. The van der Waals surface area contributed by atoms with Gasteiger partial charge in [-0.2, -0.15) is 17.7 Å². The Labute approximate surface area is 221 Å². The molecule has 0 aromatic carbocycles. The standard InChI is InChI=1S/C12H25NO3.C8H19NO.3C2H6.CH4S/c1-5-6-10(2)7-11(15)13-9-16-12(3,4)8-14;1-7(2)6-9(10-5)8(3)4;4*1-2/h10,14H,5-9H2,1-4H3,(H,13,15);7-8H,6H2,1-5H3;3*1-2H3;2H,1H3. The summed E-state index contributed by atoms with van der Waals surface area (Å²) < 4.78 is 5.31. The van der Waals surface area contributed by atoms with Gasteiger partial charge in [-0.25, -0.2) is 0 Å². The fourth-order valence-electron chi connectivity index (χ4n) is 2.20. The molecule has 1 unspecified atom stereocenters. The molecular formula is C27H66N2O4S. The van der Waals surface area contributed by atoms with Crippen LogP contribution in [0, 0.1) is 11.8 Å². The first-order chi connectivity index (χ1) is 16.0. The molecule has 34 heavy (non-hydrogen) atoms. The van der Waals surface area contributed by atoms with E-state index in [4.69, 9.17) is 14.7 Å². The Morgan fingerprint density at radius 2 is 1.44 bits per heavy atom. The van der Waals surface area contributed by atoms with Crippen molar-refractivity contribution >= 4 is 18.5 Å². The van der Waals surface area contributed by atoms with Gasteiger partial charge in [-0.15, -0.1) is 0 Å². The number of hydrogen-bond donors (Lipinski definition) is 3. The Kier molecular flexibility index (Phi) is 51.4. The summed E-state index contributed by atoms with van der Waals surface area (Å²) in [7, 11) is 1.72. The number of hydrogen-bond acceptors (Lipinski definition) is 6. The first-order valence-electron chi connectivity index (χ1n) is 13.3. The third-order valence-electron chi connectivity index (χ3n) is 3.78. The van der Waals surface area contributed by atoms with E-state index in [1.807, 2.05) is 46.6 Å². The number of ether oxygens (including phenoxy) is 1. The van der Waals surface area contributed by atoms with Gasteiger partial charge in [0, 0.05) is 19.0 Å². The summed E-state index contributed by atoms with van der Waals surface area (Å²) in [5, 5.41) is 13.6. The fourth-order valence-corrected chi connectivity index (χ4v) is 2.20. The minimum atomic E-state index is -0.595. The number of nitrogens with one attached hydrogen (secondary N) is 1. The number of hydroxylamine groups is 2. The zero-order valence-electron chi connectivity index (χ0n) is 26.0. The maximum absolute atomic E-state index is 11.4. The minimum absolute atomic E-state index is 0.00897. The third-order valence-corrected chi connectivity index (χ3v) is 3.78. The number of nitrogens with zero attached hydrogens (tertiary/aromatic N) is 1. The molecule has 0 heterocycles. The molecule has 7 heteroatoms. The summed E-state index contributed by atoms with van der Waals surface area (Å²) >= 11 is 3.53. The molecule has 0 aliphatic carbocycles. The van der Waals surface area contributed by atoms with Crippen molar-refractivity contribution in [2.24, 2.45) is 11.8 Å². The Balaban J connectivity index is -0.0000000933. The number of thiol groups is 1. The van der Waals surface area contributed by atoms with E-state index < -0.39 is 5.60 Å². The van der Waals surface area contributed by atoms with Crippen LogP contribution in [0.15, 0.2) is 0 Å². The molecule has 0 aliphatic heterocycles. The molecule has 214 valence electrons. The summed E-state index contributed by atoms with van der Waals surface area (Å²) in [6, 6.07) is 0.479. The van der Waals surface area contributed by atoms with E-state index in [0.717, 1.165) is 19.4 Å². The summed E-state index contributed by atoms with van der Waals surface area (Å²) in [4.78, 5) is 16.6. The summed E-state index contributed by atoms with van der Waals surface area (Å²) in [6.07, 6.45) is 4.40. The van der Waals surface area contributed by atoms with Gasteiger partial charge in [-0.05, 0) is 45.8 Å². The molecule has 0 saturated heterocycles. The van der Waals surface area contributed by atoms with Gasteiger partial charge in [0.25, 0.3) is 0 Å². The van der Waals surface area contributed by atoms with Gasteiger partial charge in [0.15, 0.2) is 0 Å². The largest absolute Gasteiger partial charge is 0.393 e. The quantitative estimate of drug-likeness (QED) is 0.146. The lowest BCUT2D eigenvalue weighted by atomic mass is 10.0. The van der Waals surface area contributed by atoms with Crippen molar-refractivity contribution in [3.05, 3.63) is 0 Å². The lowest BCUT2D eigenvalue weighted by Gasteiger charge is -2.25. The molecule has 1 atom stereocenters. The highest BCUT2D eigenvalue weighted by Gasteiger charge is 2.17. The van der Waals surface area contributed by atoms with Gasteiger partial charge in [-0.3, -0.25) is 4.79 Å². The number of rotatable bonds is 12. The Morgan fingerprint density at radius 3 is 1.71 bits per heavy atom. The molecule has 0 fully saturated rings. The van der Waals surface area contributed by atoms with E-state index >= 15 is 0 Å². The van der Waals surface area contributed by atoms with Gasteiger partial charge >= 0.3 is 0 Å². The van der Waals surface area contributed by atoms with Crippen LogP contribution in [0.4, 0.5) is 0 Å². The Bertz CT molecular complexity index is 356. The average molecular weight is 515 g/mol. The lowest BCUT2D eigenvalue weighted by molar-refractivity contribution is -0.159. The normalized spacial score (nSPS) is 10.6. The van der Waals surface area contributed by atoms with E-state index in [2.05, 4.69) is 59.5 Å². The van der Waals surface area contributed by atoms with Crippen molar-refractivity contribution in [1.29, 1.82) is 0 Å². The Hall–Kier alpha value is -0.340. The smallest absolute Gasteiger partial charge is 0.222 e. The predicted molar refractivity (Wildman–Crippen MR) is 157 cm³/mol. The fraction of sp³-hybridized carbons (Fsp3) is 0.963. The highest BCUT2D eigenvalue weighted by molar-refractivity contribution is 7.79. The van der Waals surface area contributed by atoms with Crippen LogP contribution in [0.3, 0.4) is 0 Å². The van der Waals surface area contributed by atoms with Gasteiger partial charge in [-0.1, -0.05) is 82.1 Å². The molecule has 6 nitrogen and oxygen atoms in total. The first kappa shape index (κ1) is 46.9. The third kappa shape index (κ3) is 41.9. The van der Waals surface area contributed by atoms with Gasteiger partial charge < -0.3 is 20.0 Å². The molecule has 0 bridgehead atoms. The van der Waals surface area contributed by atoms with E-state index in [1.165, 1.54) is 0 Å². The zero-order valence-corrected chi connectivity index (χ0v) is 26.9. The van der Waals surface area contributed by atoms with Crippen LogP contribution in [0.25, 0.3) is 0 Å². The average Bonchev–Trinajstić information content (AvgIpc) is 2.82. The maximum Gasteiger partial charge on any atom is 0.222 e. The lowest BCUT2D eigenvalue weighted by Crippen LogP contribution is -2.36. The first-order valence-corrected chi connectivity index (χ1v) is 14.1. The van der Waals surface area contributed by atoms with Crippen molar-refractivity contribution in [2.75, 3.05) is 33.2 Å². The van der Waals surface area contributed by atoms with Crippen LogP contribution in [-0.4, -0.2) is 61.0 Å². The highest BCUT2D eigenvalue weighted by Crippen LogP contribution is 2.10. The minimum Gasteiger partial charge on any atom is -0.393 e. The van der Waals surface area contributed by atoms with Crippen molar-refractivity contribution in [2.45, 2.75) is 128 Å². The van der Waals surface area contributed by atoms with Crippen LogP contribution in [0.2, 0.25) is 0 Å². The van der Waals surface area contributed by atoms with E-state index in [1.54, 1.807) is 27.2 Å². The zero-order chi connectivity index (χ0) is 28.8. The molecule has 1 amide bonds. The van der Waals surface area contributed by atoms with Gasteiger partial charge in [0.1, 0.15) is 6.73 Å². The number of aliphatic hydroxyl groups is 1. The van der Waals surface area contributed by atoms with Crippen molar-refractivity contribution < 1.29 is 19.5 Å². The molecule has 0 radical (unpaired) electrons. The summed E-state index contributed by atoms with van der Waals surface area (Å²) in [5.41, 5.74) is -0.595. The topological polar surface area (TPSA) is 71.0 Å². The van der Waals surface area contributed by atoms with Crippen LogP contribution in [0.5, 0.6) is 0 Å². The van der Waals surface area contributed by atoms with E-state index in [9.17, 15) is 4.79 Å². The molecule has 0 saturated carbocycles. The molecule has 0 aromatic rings. The molecule has 0 aromatic heterocycles. The second-order valence-electron chi connectivity index (χ2n) is 8.17. The van der Waals surface area contributed by atoms with Gasteiger partial charge in [0.05, 0.1) is 19.3 Å². The summed E-state index contributed by atoms with van der Waals surface area (Å²) in [5.74, 6) is 1.09. The van der Waals surface area contributed by atoms with Crippen LogP contribution in [0.1, 0.15) is 116 Å². The molecule has 0 aliphatic rings. The van der Waals surface area contributed by atoms with E-state index in [-0.39, 0.29) is 19.2 Å². The van der Waals surface area contributed by atoms with Crippen LogP contribution >= 0.6 is 12.6 Å². The van der Waals surface area contributed by atoms with Crippen molar-refractivity contribution in [1.82, 2.24) is 10.4 Å². The number of aliphatic hydroxyl groups excluding tert-OH is 1. The second-order valence-corrected chi connectivity index (χ2v) is 8.17. The SMILES string of the molecule is CC.CC.CC.CCCC(C)CC(=O)NCOC(C)(C)CO.CON(CC(C)C)C(C)C.CS.